The van der Waals surface area contributed by atoms with Crippen LogP contribution in [0, 0.1) is 18.8 Å². The summed E-state index contributed by atoms with van der Waals surface area (Å²) in [4.78, 5) is 23.4. The van der Waals surface area contributed by atoms with E-state index >= 15 is 0 Å². The van der Waals surface area contributed by atoms with E-state index < -0.39 is 6.10 Å². The first-order valence-corrected chi connectivity index (χ1v) is 9.70. The minimum absolute atomic E-state index is 0.197. The minimum atomic E-state index is -0.637. The summed E-state index contributed by atoms with van der Waals surface area (Å²) in [6.45, 7) is 2.17. The number of benzene rings is 1. The van der Waals surface area contributed by atoms with Gasteiger partial charge in [-0.1, -0.05) is 36.3 Å². The number of hydrogen-bond donors (Lipinski definition) is 1. The number of hydrogen-bond acceptors (Lipinski definition) is 5. The van der Waals surface area contributed by atoms with Crippen LogP contribution < -0.4 is 0 Å². The number of likely N-dealkylation sites (N-methyl/N-ethyl adjacent to an activating group) is 1. The lowest BCUT2D eigenvalue weighted by atomic mass is 10.1. The second-order valence-electron chi connectivity index (χ2n) is 6.49. The van der Waals surface area contributed by atoms with E-state index in [-0.39, 0.29) is 12.5 Å². The molecule has 142 valence electrons. The molecule has 0 saturated heterocycles. The highest BCUT2D eigenvalue weighted by atomic mass is 32.1. The van der Waals surface area contributed by atoms with Crippen molar-refractivity contribution < 1.29 is 9.90 Å². The summed E-state index contributed by atoms with van der Waals surface area (Å²) in [5.74, 6) is 5.86. The number of carbonyl (C=O) groups is 1. The average molecular weight is 391 g/mol. The van der Waals surface area contributed by atoms with Crippen molar-refractivity contribution in [1.29, 1.82) is 0 Å². The number of thiazole rings is 1. The van der Waals surface area contributed by atoms with Crippen LogP contribution in [0.15, 0.2) is 55.0 Å². The first kappa shape index (κ1) is 19.7. The van der Waals surface area contributed by atoms with Gasteiger partial charge in [0.05, 0.1) is 27.7 Å². The van der Waals surface area contributed by atoms with Gasteiger partial charge in [0.25, 0.3) is 5.91 Å². The molecular weight excluding hydrogens is 370 g/mol. The Hall–Kier alpha value is -3.01. The zero-order chi connectivity index (χ0) is 19.9. The Morgan fingerprint density at radius 3 is 2.71 bits per heavy atom. The third-order valence-electron chi connectivity index (χ3n) is 4.08. The highest BCUT2D eigenvalue weighted by Gasteiger charge is 2.16. The number of aromatic nitrogens is 2. The van der Waals surface area contributed by atoms with Crippen molar-refractivity contribution in [2.24, 2.45) is 0 Å². The molecule has 2 heterocycles. The van der Waals surface area contributed by atoms with Crippen LogP contribution >= 0.6 is 11.3 Å². The van der Waals surface area contributed by atoms with E-state index in [4.69, 9.17) is 0 Å². The van der Waals surface area contributed by atoms with E-state index in [1.807, 2.05) is 37.3 Å². The van der Waals surface area contributed by atoms with E-state index in [9.17, 15) is 9.90 Å². The lowest BCUT2D eigenvalue weighted by molar-refractivity contribution is 0.0681. The molecule has 0 radical (unpaired) electrons. The van der Waals surface area contributed by atoms with Gasteiger partial charge in [-0.05, 0) is 24.5 Å². The number of amides is 1. The number of pyridine rings is 1. The monoisotopic (exact) mass is 391 g/mol. The molecule has 1 atom stereocenters. The number of nitrogens with zero attached hydrogens (tertiary/aromatic N) is 3. The molecule has 0 bridgehead atoms. The minimum Gasteiger partial charge on any atom is -0.391 e. The predicted molar refractivity (Wildman–Crippen MR) is 110 cm³/mol. The number of aliphatic hydroxyl groups excluding tert-OH is 1. The molecule has 1 amide bonds. The zero-order valence-corrected chi connectivity index (χ0v) is 16.6. The van der Waals surface area contributed by atoms with Crippen LogP contribution in [-0.4, -0.2) is 45.6 Å². The van der Waals surface area contributed by atoms with Gasteiger partial charge in [0, 0.05) is 38.0 Å². The molecule has 0 saturated carbocycles. The predicted octanol–water partition coefficient (Wildman–Crippen LogP) is 2.92. The van der Waals surface area contributed by atoms with Crippen LogP contribution in [0.4, 0.5) is 0 Å². The summed E-state index contributed by atoms with van der Waals surface area (Å²) < 4.78 is 0. The van der Waals surface area contributed by atoms with E-state index in [0.717, 1.165) is 15.4 Å². The molecule has 1 unspecified atom stereocenters. The first-order chi connectivity index (χ1) is 13.5. The molecule has 1 aromatic carbocycles. The van der Waals surface area contributed by atoms with Crippen molar-refractivity contribution in [3.63, 3.8) is 0 Å². The molecule has 3 rings (SSSR count). The lowest BCUT2D eigenvalue weighted by Crippen LogP contribution is -2.35. The van der Waals surface area contributed by atoms with Crippen LogP contribution in [0.5, 0.6) is 0 Å². The molecule has 0 spiro atoms. The molecule has 0 aliphatic heterocycles. The summed E-state index contributed by atoms with van der Waals surface area (Å²) in [6.07, 6.45) is 4.74. The standard InChI is InChI=1S/C22H21N3O2S/c1-16-24-14-21(28-16)9-8-18-10-19(13-23-12-18)22(27)25(2)15-20(26)11-17-6-4-3-5-7-17/h3-7,10,12-14,20,26H,11,15H2,1-2H3. The smallest absolute Gasteiger partial charge is 0.255 e. The Bertz CT molecular complexity index is 1010. The van der Waals surface area contributed by atoms with Gasteiger partial charge in [-0.15, -0.1) is 11.3 Å². The summed E-state index contributed by atoms with van der Waals surface area (Å²) in [5, 5.41) is 11.3. The average Bonchev–Trinajstić information content (AvgIpc) is 3.12. The zero-order valence-electron chi connectivity index (χ0n) is 15.8. The third kappa shape index (κ3) is 5.49. The molecule has 0 aliphatic carbocycles. The van der Waals surface area contributed by atoms with E-state index in [1.165, 1.54) is 22.4 Å². The Kier molecular flexibility index (Phi) is 6.53. The second-order valence-corrected chi connectivity index (χ2v) is 7.72. The van der Waals surface area contributed by atoms with Gasteiger partial charge < -0.3 is 10.0 Å². The van der Waals surface area contributed by atoms with Gasteiger partial charge >= 0.3 is 0 Å². The normalized spacial score (nSPS) is 11.4. The van der Waals surface area contributed by atoms with Gasteiger partial charge in [-0.3, -0.25) is 9.78 Å². The second kappa shape index (κ2) is 9.27. The molecule has 2 aromatic heterocycles. The number of carbonyl (C=O) groups excluding carboxylic acids is 1. The maximum absolute atomic E-state index is 12.7. The maximum atomic E-state index is 12.7. The topological polar surface area (TPSA) is 66.3 Å². The van der Waals surface area contributed by atoms with Crippen LogP contribution in [0.1, 0.15) is 31.4 Å². The van der Waals surface area contributed by atoms with E-state index in [0.29, 0.717) is 17.5 Å². The molecule has 5 nitrogen and oxygen atoms in total. The highest BCUT2D eigenvalue weighted by molar-refractivity contribution is 7.12. The van der Waals surface area contributed by atoms with Crippen LogP contribution in [0.2, 0.25) is 0 Å². The fourth-order valence-corrected chi connectivity index (χ4v) is 3.38. The SMILES string of the molecule is Cc1ncc(C#Cc2cncc(C(=O)N(C)CC(O)Cc3ccccc3)c2)s1. The summed E-state index contributed by atoms with van der Waals surface area (Å²) in [7, 11) is 1.68. The fourth-order valence-electron chi connectivity index (χ4n) is 2.75. The molecule has 6 heteroatoms. The summed E-state index contributed by atoms with van der Waals surface area (Å²) >= 11 is 1.52. The van der Waals surface area contributed by atoms with Crippen molar-refractivity contribution in [2.45, 2.75) is 19.4 Å². The number of aliphatic hydroxyl groups is 1. The highest BCUT2D eigenvalue weighted by Crippen LogP contribution is 2.11. The van der Waals surface area contributed by atoms with Gasteiger partial charge in [-0.2, -0.15) is 0 Å². The molecule has 3 aromatic rings. The molecule has 28 heavy (non-hydrogen) atoms. The first-order valence-electron chi connectivity index (χ1n) is 8.88. The van der Waals surface area contributed by atoms with Gasteiger partial charge in [0.2, 0.25) is 0 Å². The van der Waals surface area contributed by atoms with Crippen molar-refractivity contribution in [2.75, 3.05) is 13.6 Å². The van der Waals surface area contributed by atoms with Crippen molar-refractivity contribution >= 4 is 17.2 Å². The van der Waals surface area contributed by atoms with Crippen molar-refractivity contribution in [1.82, 2.24) is 14.9 Å². The lowest BCUT2D eigenvalue weighted by Gasteiger charge is -2.21. The Labute approximate surface area is 168 Å². The molecule has 1 N–H and O–H groups in total. The summed E-state index contributed by atoms with van der Waals surface area (Å²) in [6, 6.07) is 11.4. The number of aryl methyl sites for hydroxylation is 1. The molecular formula is C22H21N3O2S. The third-order valence-corrected chi connectivity index (χ3v) is 4.91. The van der Waals surface area contributed by atoms with E-state index in [1.54, 1.807) is 25.5 Å². The Morgan fingerprint density at radius 2 is 2.00 bits per heavy atom. The fraction of sp³-hybridized carbons (Fsp3) is 0.227. The Morgan fingerprint density at radius 1 is 1.21 bits per heavy atom. The van der Waals surface area contributed by atoms with Crippen LogP contribution in [-0.2, 0) is 6.42 Å². The van der Waals surface area contributed by atoms with Crippen LogP contribution in [0.3, 0.4) is 0 Å². The van der Waals surface area contributed by atoms with Crippen molar-refractivity contribution in [3.05, 3.63) is 81.6 Å². The van der Waals surface area contributed by atoms with Crippen LogP contribution in [0.25, 0.3) is 0 Å². The quantitative estimate of drug-likeness (QED) is 0.679. The van der Waals surface area contributed by atoms with Gasteiger partial charge in [0.1, 0.15) is 0 Å². The number of rotatable bonds is 5. The Balaban J connectivity index is 1.64. The van der Waals surface area contributed by atoms with Gasteiger partial charge in [0.15, 0.2) is 0 Å². The van der Waals surface area contributed by atoms with Gasteiger partial charge in [-0.25, -0.2) is 4.98 Å². The van der Waals surface area contributed by atoms with E-state index in [2.05, 4.69) is 21.8 Å². The largest absolute Gasteiger partial charge is 0.391 e. The maximum Gasteiger partial charge on any atom is 0.255 e. The molecule has 0 aliphatic rings. The van der Waals surface area contributed by atoms with Crippen molar-refractivity contribution in [3.8, 4) is 11.8 Å². The molecule has 0 fully saturated rings. The summed E-state index contributed by atoms with van der Waals surface area (Å²) in [5.41, 5.74) is 2.14.